The Kier molecular flexibility index (Phi) is 4.93. The van der Waals surface area contributed by atoms with Crippen LogP contribution < -0.4 is 10.2 Å². The first-order valence-electron chi connectivity index (χ1n) is 7.89. The fourth-order valence-corrected chi connectivity index (χ4v) is 3.55. The van der Waals surface area contributed by atoms with E-state index in [1.165, 1.54) is 12.8 Å². The number of carbonyl (C=O) groups excluding carboxylic acids is 2. The number of carbonyl (C=O) groups is 2. The molecule has 6 heteroatoms. The molecular weight excluding hydrogens is 335 g/mol. The molecule has 2 aliphatic rings. The highest BCUT2D eigenvalue weighted by Crippen LogP contribution is 2.33. The van der Waals surface area contributed by atoms with Crippen LogP contribution >= 0.6 is 23.2 Å². The van der Waals surface area contributed by atoms with Gasteiger partial charge in [-0.15, -0.1) is 0 Å². The van der Waals surface area contributed by atoms with Crippen LogP contribution in [-0.2, 0) is 9.59 Å². The molecule has 23 heavy (non-hydrogen) atoms. The summed E-state index contributed by atoms with van der Waals surface area (Å²) in [5.41, 5.74) is 0.559. The Bertz CT molecular complexity index is 664. The predicted molar refractivity (Wildman–Crippen MR) is 91.4 cm³/mol. The van der Waals surface area contributed by atoms with Gasteiger partial charge in [-0.2, -0.15) is 0 Å². The Morgan fingerprint density at radius 1 is 0.957 bits per heavy atom. The second kappa shape index (κ2) is 6.93. The van der Waals surface area contributed by atoms with E-state index in [0.29, 0.717) is 10.7 Å². The van der Waals surface area contributed by atoms with Gasteiger partial charge in [0, 0.05) is 6.04 Å². The van der Waals surface area contributed by atoms with E-state index < -0.39 is 11.8 Å². The molecular formula is C17H18Cl2N2O2. The van der Waals surface area contributed by atoms with Crippen molar-refractivity contribution in [2.24, 2.45) is 0 Å². The second-order valence-electron chi connectivity index (χ2n) is 5.92. The number of hydrogen-bond donors (Lipinski definition) is 1. The van der Waals surface area contributed by atoms with Gasteiger partial charge in [-0.3, -0.25) is 9.59 Å². The van der Waals surface area contributed by atoms with Gasteiger partial charge in [-0.25, -0.2) is 4.90 Å². The Balaban J connectivity index is 1.83. The van der Waals surface area contributed by atoms with E-state index in [1.807, 2.05) is 0 Å². The largest absolute Gasteiger partial charge is 0.376 e. The number of hydrogen-bond acceptors (Lipinski definition) is 3. The maximum atomic E-state index is 12.7. The Morgan fingerprint density at radius 2 is 1.61 bits per heavy atom. The summed E-state index contributed by atoms with van der Waals surface area (Å²) in [6.45, 7) is 0. The summed E-state index contributed by atoms with van der Waals surface area (Å²) in [5, 5.41) is 3.49. The smallest absolute Gasteiger partial charge is 0.283 e. The lowest BCUT2D eigenvalue weighted by atomic mass is 10.1. The maximum Gasteiger partial charge on any atom is 0.283 e. The molecule has 1 fully saturated rings. The average Bonchev–Trinajstić information content (AvgIpc) is 2.75. The fraction of sp³-hybridized carbons (Fsp3) is 0.412. The molecule has 1 saturated carbocycles. The van der Waals surface area contributed by atoms with Crippen molar-refractivity contribution in [1.29, 1.82) is 0 Å². The summed E-state index contributed by atoms with van der Waals surface area (Å²) >= 11 is 12.3. The van der Waals surface area contributed by atoms with E-state index in [9.17, 15) is 9.59 Å². The highest BCUT2D eigenvalue weighted by molar-refractivity contribution is 6.53. The van der Waals surface area contributed by atoms with E-state index in [0.717, 1.165) is 30.6 Å². The lowest BCUT2D eigenvalue weighted by molar-refractivity contribution is -0.120. The predicted octanol–water partition coefficient (Wildman–Crippen LogP) is 3.98. The summed E-state index contributed by atoms with van der Waals surface area (Å²) in [7, 11) is 0. The molecule has 1 heterocycles. The summed E-state index contributed by atoms with van der Waals surface area (Å²) in [4.78, 5) is 26.1. The average molecular weight is 353 g/mol. The van der Waals surface area contributed by atoms with E-state index >= 15 is 0 Å². The van der Waals surface area contributed by atoms with E-state index in [2.05, 4.69) is 5.32 Å². The molecule has 122 valence electrons. The number of rotatable bonds is 3. The summed E-state index contributed by atoms with van der Waals surface area (Å²) < 4.78 is 0. The zero-order chi connectivity index (χ0) is 16.4. The summed E-state index contributed by atoms with van der Waals surface area (Å²) in [5.74, 6) is -0.960. The minimum Gasteiger partial charge on any atom is -0.376 e. The number of para-hydroxylation sites is 1. The van der Waals surface area contributed by atoms with Gasteiger partial charge in [0.25, 0.3) is 11.8 Å². The van der Waals surface area contributed by atoms with Gasteiger partial charge in [-0.05, 0) is 25.0 Å². The number of halogens is 2. The van der Waals surface area contributed by atoms with Crippen molar-refractivity contribution >= 4 is 40.7 Å². The van der Waals surface area contributed by atoms with Gasteiger partial charge >= 0.3 is 0 Å². The van der Waals surface area contributed by atoms with Gasteiger partial charge in [-0.1, -0.05) is 61.0 Å². The molecule has 1 aliphatic heterocycles. The number of imide groups is 1. The molecule has 1 N–H and O–H groups in total. The number of nitrogens with zero attached hydrogens (tertiary/aromatic N) is 1. The molecule has 0 bridgehead atoms. The lowest BCUT2D eigenvalue weighted by Crippen LogP contribution is -2.36. The monoisotopic (exact) mass is 352 g/mol. The molecule has 0 spiro atoms. The second-order valence-corrected chi connectivity index (χ2v) is 6.70. The van der Waals surface area contributed by atoms with Gasteiger partial charge in [0.1, 0.15) is 10.7 Å². The molecule has 0 radical (unpaired) electrons. The van der Waals surface area contributed by atoms with E-state index in [-0.39, 0.29) is 16.8 Å². The van der Waals surface area contributed by atoms with E-state index in [4.69, 9.17) is 23.2 Å². The molecule has 2 amide bonds. The standard InChI is InChI=1S/C17H18Cl2N2O2/c18-12-9-5-6-10-13(12)21-16(22)14(19)15(17(21)23)20-11-7-3-1-2-4-8-11/h5-6,9-11,20H,1-4,7-8H2. The van der Waals surface area contributed by atoms with Crippen molar-refractivity contribution in [3.63, 3.8) is 0 Å². The summed E-state index contributed by atoms with van der Waals surface area (Å²) in [6.07, 6.45) is 6.65. The van der Waals surface area contributed by atoms with Crippen LogP contribution in [-0.4, -0.2) is 17.9 Å². The minimum atomic E-state index is -0.527. The zero-order valence-electron chi connectivity index (χ0n) is 12.6. The number of amides is 2. The minimum absolute atomic E-state index is 0.0563. The maximum absolute atomic E-state index is 12.7. The van der Waals surface area contributed by atoms with Crippen molar-refractivity contribution in [1.82, 2.24) is 5.32 Å². The number of benzene rings is 1. The van der Waals surface area contributed by atoms with Crippen LogP contribution in [0.3, 0.4) is 0 Å². The third-order valence-electron chi connectivity index (χ3n) is 4.32. The number of nitrogens with one attached hydrogen (secondary N) is 1. The molecule has 1 aliphatic carbocycles. The van der Waals surface area contributed by atoms with Crippen LogP contribution in [0.4, 0.5) is 5.69 Å². The van der Waals surface area contributed by atoms with Crippen molar-refractivity contribution in [3.8, 4) is 0 Å². The quantitative estimate of drug-likeness (QED) is 0.661. The molecule has 0 aromatic heterocycles. The van der Waals surface area contributed by atoms with Crippen LogP contribution in [0.15, 0.2) is 35.0 Å². The lowest BCUT2D eigenvalue weighted by Gasteiger charge is -2.19. The van der Waals surface area contributed by atoms with Crippen LogP contribution in [0.2, 0.25) is 5.02 Å². The molecule has 0 unspecified atom stereocenters. The first-order chi connectivity index (χ1) is 11.1. The molecule has 0 atom stereocenters. The van der Waals surface area contributed by atoms with Crippen LogP contribution in [0.1, 0.15) is 38.5 Å². The van der Waals surface area contributed by atoms with Gasteiger partial charge in [0.05, 0.1) is 10.7 Å². The fourth-order valence-electron chi connectivity index (χ4n) is 3.11. The van der Waals surface area contributed by atoms with Crippen molar-refractivity contribution in [2.75, 3.05) is 4.90 Å². The first kappa shape index (κ1) is 16.3. The van der Waals surface area contributed by atoms with Gasteiger partial charge in [0.15, 0.2) is 0 Å². The van der Waals surface area contributed by atoms with Gasteiger partial charge in [0.2, 0.25) is 0 Å². The molecule has 1 aromatic carbocycles. The van der Waals surface area contributed by atoms with Gasteiger partial charge < -0.3 is 5.32 Å². The molecule has 1 aromatic rings. The van der Waals surface area contributed by atoms with E-state index in [1.54, 1.807) is 24.3 Å². The number of anilines is 1. The highest BCUT2D eigenvalue weighted by Gasteiger charge is 2.40. The SMILES string of the molecule is O=C1C(Cl)=C(NC2CCCCCC2)C(=O)N1c1ccccc1Cl. The van der Waals surface area contributed by atoms with Crippen molar-refractivity contribution in [2.45, 2.75) is 44.6 Å². The van der Waals surface area contributed by atoms with Crippen LogP contribution in [0, 0.1) is 0 Å². The molecule has 3 rings (SSSR count). The molecule has 0 saturated heterocycles. The zero-order valence-corrected chi connectivity index (χ0v) is 14.2. The third-order valence-corrected chi connectivity index (χ3v) is 4.99. The van der Waals surface area contributed by atoms with Crippen molar-refractivity contribution < 1.29 is 9.59 Å². The Hall–Kier alpha value is -1.52. The Morgan fingerprint density at radius 3 is 2.26 bits per heavy atom. The van der Waals surface area contributed by atoms with Crippen molar-refractivity contribution in [3.05, 3.63) is 40.0 Å². The Labute approximate surface area is 145 Å². The topological polar surface area (TPSA) is 49.4 Å². The first-order valence-corrected chi connectivity index (χ1v) is 8.65. The van der Waals surface area contributed by atoms with Crippen LogP contribution in [0.5, 0.6) is 0 Å². The third kappa shape index (κ3) is 3.24. The molecule has 4 nitrogen and oxygen atoms in total. The summed E-state index contributed by atoms with van der Waals surface area (Å²) in [6, 6.07) is 6.94. The highest BCUT2D eigenvalue weighted by atomic mass is 35.5. The normalized spacial score (nSPS) is 20.2. The van der Waals surface area contributed by atoms with Crippen LogP contribution in [0.25, 0.3) is 0 Å².